The lowest BCUT2D eigenvalue weighted by Gasteiger charge is -2.09. The van der Waals surface area contributed by atoms with Crippen molar-refractivity contribution in [3.05, 3.63) is 59.1 Å². The summed E-state index contributed by atoms with van der Waals surface area (Å²) in [7, 11) is 0. The van der Waals surface area contributed by atoms with E-state index in [2.05, 4.69) is 0 Å². The molecule has 98 valence electrons. The van der Waals surface area contributed by atoms with Gasteiger partial charge in [-0.25, -0.2) is 0 Å². The molecule has 0 N–H and O–H groups in total. The summed E-state index contributed by atoms with van der Waals surface area (Å²) < 4.78 is 10.5. The lowest BCUT2D eigenvalue weighted by atomic mass is 10.2. The van der Waals surface area contributed by atoms with Gasteiger partial charge in [0.2, 0.25) is 0 Å². The van der Waals surface area contributed by atoms with Crippen molar-refractivity contribution in [1.82, 2.24) is 0 Å². The Bertz CT molecular complexity index is 567. The molecule has 0 saturated heterocycles. The van der Waals surface area contributed by atoms with Crippen LogP contribution in [0.15, 0.2) is 48.5 Å². The van der Waals surface area contributed by atoms with E-state index in [0.717, 1.165) is 5.56 Å². The zero-order valence-corrected chi connectivity index (χ0v) is 11.2. The summed E-state index contributed by atoms with van der Waals surface area (Å²) in [6.45, 7) is 1.78. The first kappa shape index (κ1) is 13.4. The maximum Gasteiger partial charge on any atom is 0.308 e. The van der Waals surface area contributed by atoms with E-state index in [1.165, 1.54) is 6.92 Å². The minimum Gasteiger partial charge on any atom is -0.487 e. The van der Waals surface area contributed by atoms with Gasteiger partial charge < -0.3 is 9.47 Å². The summed E-state index contributed by atoms with van der Waals surface area (Å²) in [6, 6.07) is 14.7. The van der Waals surface area contributed by atoms with Crippen LogP contribution in [0.25, 0.3) is 0 Å². The third-order valence-corrected chi connectivity index (χ3v) is 2.70. The molecule has 0 amide bonds. The van der Waals surface area contributed by atoms with E-state index in [1.54, 1.807) is 18.2 Å². The van der Waals surface area contributed by atoms with Gasteiger partial charge in [0, 0.05) is 13.0 Å². The van der Waals surface area contributed by atoms with Crippen molar-refractivity contribution in [3.63, 3.8) is 0 Å². The Morgan fingerprint density at radius 2 is 1.89 bits per heavy atom. The van der Waals surface area contributed by atoms with Gasteiger partial charge in [-0.2, -0.15) is 0 Å². The highest BCUT2D eigenvalue weighted by Crippen LogP contribution is 2.29. The summed E-state index contributed by atoms with van der Waals surface area (Å²) >= 11 is 6.06. The number of esters is 1. The van der Waals surface area contributed by atoms with Crippen LogP contribution < -0.4 is 9.47 Å². The Balaban J connectivity index is 2.03. The molecular weight excluding hydrogens is 264 g/mol. The normalized spacial score (nSPS) is 10.0. The Labute approximate surface area is 116 Å². The number of carbonyl (C=O) groups excluding carboxylic acids is 1. The average molecular weight is 277 g/mol. The first-order valence-electron chi connectivity index (χ1n) is 5.80. The van der Waals surface area contributed by atoms with Crippen molar-refractivity contribution in [2.24, 2.45) is 0 Å². The van der Waals surface area contributed by atoms with Crippen LogP contribution in [0.1, 0.15) is 12.5 Å². The van der Waals surface area contributed by atoms with E-state index in [4.69, 9.17) is 21.1 Å². The highest BCUT2D eigenvalue weighted by molar-refractivity contribution is 6.32. The standard InChI is InChI=1S/C15H13ClO3/c1-11(17)19-13-7-8-15(14(16)9-13)18-10-12-5-3-2-4-6-12/h2-9H,10H2,1H3. The van der Waals surface area contributed by atoms with E-state index < -0.39 is 0 Å². The van der Waals surface area contributed by atoms with Crippen LogP contribution in [0.5, 0.6) is 11.5 Å². The van der Waals surface area contributed by atoms with Gasteiger partial charge in [-0.1, -0.05) is 41.9 Å². The highest BCUT2D eigenvalue weighted by atomic mass is 35.5. The molecular formula is C15H13ClO3. The Morgan fingerprint density at radius 1 is 1.16 bits per heavy atom. The molecule has 0 fully saturated rings. The molecule has 0 bridgehead atoms. The molecule has 0 unspecified atom stereocenters. The Kier molecular flexibility index (Phi) is 4.42. The maximum atomic E-state index is 10.8. The molecule has 0 heterocycles. The largest absolute Gasteiger partial charge is 0.487 e. The first-order valence-corrected chi connectivity index (χ1v) is 6.17. The minimum atomic E-state index is -0.381. The molecule has 4 heteroatoms. The third kappa shape index (κ3) is 4.00. The third-order valence-electron chi connectivity index (χ3n) is 2.40. The van der Waals surface area contributed by atoms with Crippen LogP contribution in [-0.2, 0) is 11.4 Å². The van der Waals surface area contributed by atoms with Crippen LogP contribution in [0, 0.1) is 0 Å². The fraction of sp³-hybridized carbons (Fsp3) is 0.133. The van der Waals surface area contributed by atoms with E-state index in [0.29, 0.717) is 23.1 Å². The second-order valence-corrected chi connectivity index (χ2v) is 4.37. The SMILES string of the molecule is CC(=O)Oc1ccc(OCc2ccccc2)c(Cl)c1. The van der Waals surface area contributed by atoms with Gasteiger partial charge in [0.1, 0.15) is 18.1 Å². The van der Waals surface area contributed by atoms with Crippen molar-refractivity contribution in [3.8, 4) is 11.5 Å². The van der Waals surface area contributed by atoms with Gasteiger partial charge in [0.25, 0.3) is 0 Å². The average Bonchev–Trinajstić information content (AvgIpc) is 2.38. The van der Waals surface area contributed by atoms with Gasteiger partial charge >= 0.3 is 5.97 Å². The fourth-order valence-electron chi connectivity index (χ4n) is 1.56. The van der Waals surface area contributed by atoms with Crippen molar-refractivity contribution in [1.29, 1.82) is 0 Å². The zero-order valence-electron chi connectivity index (χ0n) is 10.4. The van der Waals surface area contributed by atoms with Gasteiger partial charge in [0.05, 0.1) is 5.02 Å². The lowest BCUT2D eigenvalue weighted by molar-refractivity contribution is -0.131. The van der Waals surface area contributed by atoms with Crippen LogP contribution in [-0.4, -0.2) is 5.97 Å². The predicted molar refractivity (Wildman–Crippen MR) is 73.5 cm³/mol. The van der Waals surface area contributed by atoms with Gasteiger partial charge in [-0.3, -0.25) is 4.79 Å². The molecule has 19 heavy (non-hydrogen) atoms. The highest BCUT2D eigenvalue weighted by Gasteiger charge is 2.05. The molecule has 0 atom stereocenters. The van der Waals surface area contributed by atoms with Crippen molar-refractivity contribution in [2.45, 2.75) is 13.5 Å². The number of rotatable bonds is 4. The number of halogens is 1. The number of ether oxygens (including phenoxy) is 2. The predicted octanol–water partition coefficient (Wildman–Crippen LogP) is 3.84. The Morgan fingerprint density at radius 3 is 2.53 bits per heavy atom. The van der Waals surface area contributed by atoms with Gasteiger partial charge in [-0.05, 0) is 17.7 Å². The van der Waals surface area contributed by atoms with Crippen molar-refractivity contribution < 1.29 is 14.3 Å². The summed E-state index contributed by atoms with van der Waals surface area (Å²) in [6.07, 6.45) is 0. The molecule has 0 aromatic heterocycles. The second-order valence-electron chi connectivity index (χ2n) is 3.96. The van der Waals surface area contributed by atoms with Gasteiger partial charge in [-0.15, -0.1) is 0 Å². The topological polar surface area (TPSA) is 35.5 Å². The molecule has 0 aliphatic heterocycles. The van der Waals surface area contributed by atoms with Crippen molar-refractivity contribution >= 4 is 17.6 Å². The van der Waals surface area contributed by atoms with E-state index in [1.807, 2.05) is 30.3 Å². The van der Waals surface area contributed by atoms with Gasteiger partial charge in [0.15, 0.2) is 0 Å². The summed E-state index contributed by atoms with van der Waals surface area (Å²) in [5.41, 5.74) is 1.06. The quantitative estimate of drug-likeness (QED) is 0.629. The van der Waals surface area contributed by atoms with Crippen LogP contribution >= 0.6 is 11.6 Å². The van der Waals surface area contributed by atoms with E-state index in [-0.39, 0.29) is 5.97 Å². The monoisotopic (exact) mass is 276 g/mol. The van der Waals surface area contributed by atoms with Crippen LogP contribution in [0.3, 0.4) is 0 Å². The molecule has 0 aliphatic rings. The van der Waals surface area contributed by atoms with Crippen LogP contribution in [0.2, 0.25) is 5.02 Å². The lowest BCUT2D eigenvalue weighted by Crippen LogP contribution is -2.01. The fourth-order valence-corrected chi connectivity index (χ4v) is 1.79. The Hall–Kier alpha value is -2.00. The molecule has 2 aromatic carbocycles. The molecule has 2 aromatic rings. The number of carbonyl (C=O) groups is 1. The first-order chi connectivity index (χ1) is 9.15. The molecule has 2 rings (SSSR count). The summed E-state index contributed by atoms with van der Waals surface area (Å²) in [5, 5.41) is 0.412. The second kappa shape index (κ2) is 6.25. The maximum absolute atomic E-state index is 10.8. The van der Waals surface area contributed by atoms with E-state index >= 15 is 0 Å². The number of hydrogen-bond acceptors (Lipinski definition) is 3. The van der Waals surface area contributed by atoms with E-state index in [9.17, 15) is 4.79 Å². The molecule has 0 radical (unpaired) electrons. The molecule has 3 nitrogen and oxygen atoms in total. The minimum absolute atomic E-state index is 0.381. The number of benzene rings is 2. The smallest absolute Gasteiger partial charge is 0.308 e. The van der Waals surface area contributed by atoms with Crippen LogP contribution in [0.4, 0.5) is 0 Å². The van der Waals surface area contributed by atoms with Crippen molar-refractivity contribution in [2.75, 3.05) is 0 Å². The molecule has 0 aliphatic carbocycles. The zero-order chi connectivity index (χ0) is 13.7. The molecule has 0 spiro atoms. The number of hydrogen-bond donors (Lipinski definition) is 0. The summed E-state index contributed by atoms with van der Waals surface area (Å²) in [4.78, 5) is 10.8. The summed E-state index contributed by atoms with van der Waals surface area (Å²) in [5.74, 6) is 0.583. The molecule has 0 saturated carbocycles.